The zero-order valence-corrected chi connectivity index (χ0v) is 11.9. The molecule has 2 heterocycles. The number of fused-ring (bicyclic) bond motifs is 1. The van der Waals surface area contributed by atoms with Crippen LogP contribution >= 0.6 is 11.3 Å². The van der Waals surface area contributed by atoms with Gasteiger partial charge < -0.3 is 5.43 Å². The number of nitriles is 1. The highest BCUT2D eigenvalue weighted by Gasteiger charge is 2.29. The lowest BCUT2D eigenvalue weighted by Crippen LogP contribution is -2.27. The molecule has 0 bridgehead atoms. The van der Waals surface area contributed by atoms with Gasteiger partial charge in [0.1, 0.15) is 10.7 Å². The van der Waals surface area contributed by atoms with Crippen molar-refractivity contribution in [1.29, 1.82) is 5.26 Å². The lowest BCUT2D eigenvalue weighted by molar-refractivity contribution is 0.255. The second-order valence-electron chi connectivity index (χ2n) is 4.88. The molecule has 0 saturated heterocycles. The summed E-state index contributed by atoms with van der Waals surface area (Å²) >= 11 is 1.58. The molecular weight excluding hydrogens is 272 g/mol. The molecule has 0 radical (unpaired) electrons. The predicted octanol–water partition coefficient (Wildman–Crippen LogP) is 1.85. The Hall–Kier alpha value is -1.75. The highest BCUT2D eigenvalue weighted by atomic mass is 32.1. The van der Waals surface area contributed by atoms with Crippen LogP contribution in [0.1, 0.15) is 25.1 Å². The topological polar surface area (TPSA) is 90.9 Å². The van der Waals surface area contributed by atoms with E-state index in [1.54, 1.807) is 11.3 Å². The van der Waals surface area contributed by atoms with E-state index in [0.717, 1.165) is 22.6 Å². The van der Waals surface area contributed by atoms with Crippen molar-refractivity contribution in [3.63, 3.8) is 0 Å². The van der Waals surface area contributed by atoms with Crippen LogP contribution in [-0.4, -0.2) is 27.5 Å². The van der Waals surface area contributed by atoms with Crippen molar-refractivity contribution in [2.45, 2.75) is 31.8 Å². The molecule has 0 unspecified atom stereocenters. The van der Waals surface area contributed by atoms with E-state index in [1.807, 2.05) is 11.4 Å². The Labute approximate surface area is 121 Å². The maximum atomic E-state index is 8.75. The number of nitrogens with two attached hydrogens (primary N) is 1. The van der Waals surface area contributed by atoms with Crippen molar-refractivity contribution in [2.24, 2.45) is 5.84 Å². The third kappa shape index (κ3) is 2.72. The Morgan fingerprint density at radius 1 is 1.50 bits per heavy atom. The lowest BCUT2D eigenvalue weighted by Gasteiger charge is -2.19. The summed E-state index contributed by atoms with van der Waals surface area (Å²) < 4.78 is 0. The second kappa shape index (κ2) is 5.71. The summed E-state index contributed by atoms with van der Waals surface area (Å²) in [5.41, 5.74) is 2.64. The molecule has 1 fully saturated rings. The molecule has 0 amide bonds. The lowest BCUT2D eigenvalue weighted by atomic mass is 10.3. The molecule has 1 aliphatic carbocycles. The third-order valence-corrected chi connectivity index (χ3v) is 4.23. The summed E-state index contributed by atoms with van der Waals surface area (Å²) in [5, 5.41) is 11.7. The highest BCUT2D eigenvalue weighted by Crippen LogP contribution is 2.29. The molecule has 1 aliphatic rings. The van der Waals surface area contributed by atoms with Crippen LogP contribution in [0.15, 0.2) is 11.4 Å². The molecule has 3 rings (SSSR count). The first-order valence-electron chi connectivity index (χ1n) is 6.63. The van der Waals surface area contributed by atoms with Crippen molar-refractivity contribution < 1.29 is 0 Å². The Bertz CT molecular complexity index is 642. The summed E-state index contributed by atoms with van der Waals surface area (Å²) in [5.74, 6) is 6.97. The average molecular weight is 288 g/mol. The molecule has 20 heavy (non-hydrogen) atoms. The van der Waals surface area contributed by atoms with Crippen LogP contribution in [0.25, 0.3) is 10.2 Å². The number of nitrogens with zero attached hydrogens (tertiary/aromatic N) is 4. The van der Waals surface area contributed by atoms with Crippen molar-refractivity contribution in [1.82, 2.24) is 14.9 Å². The fourth-order valence-corrected chi connectivity index (χ4v) is 3.07. The van der Waals surface area contributed by atoms with Crippen LogP contribution in [-0.2, 0) is 6.54 Å². The van der Waals surface area contributed by atoms with Gasteiger partial charge in [-0.2, -0.15) is 5.26 Å². The van der Waals surface area contributed by atoms with Gasteiger partial charge in [0.25, 0.3) is 0 Å². The fraction of sp³-hybridized carbons (Fsp3) is 0.462. The van der Waals surface area contributed by atoms with E-state index in [0.29, 0.717) is 24.8 Å². The third-order valence-electron chi connectivity index (χ3n) is 3.43. The Morgan fingerprint density at radius 3 is 3.05 bits per heavy atom. The molecule has 0 aromatic carbocycles. The number of rotatable bonds is 6. The molecule has 1 saturated carbocycles. The van der Waals surface area contributed by atoms with Crippen LogP contribution in [0.3, 0.4) is 0 Å². The van der Waals surface area contributed by atoms with E-state index in [2.05, 4.69) is 26.4 Å². The van der Waals surface area contributed by atoms with Gasteiger partial charge in [-0.05, 0) is 24.3 Å². The first kappa shape index (κ1) is 13.2. The summed E-state index contributed by atoms with van der Waals surface area (Å²) in [6, 6.07) is 4.75. The maximum absolute atomic E-state index is 8.75. The predicted molar refractivity (Wildman–Crippen MR) is 78.9 cm³/mol. The molecule has 0 spiro atoms. The van der Waals surface area contributed by atoms with Gasteiger partial charge in [-0.15, -0.1) is 11.3 Å². The first-order chi connectivity index (χ1) is 9.81. The number of hydrazine groups is 1. The SMILES string of the molecule is N#CCCN(Cc1nc(NN)c2ccsc2n1)C1CC1. The Morgan fingerprint density at radius 2 is 2.35 bits per heavy atom. The van der Waals surface area contributed by atoms with Gasteiger partial charge in [0.2, 0.25) is 0 Å². The van der Waals surface area contributed by atoms with Gasteiger partial charge in [0.15, 0.2) is 5.82 Å². The number of thiophene rings is 1. The standard InChI is InChI=1S/C13H16N6S/c14-5-1-6-19(9-2-3-9)8-11-16-12(18-15)10-4-7-20-13(10)17-11/h4,7,9H,1-3,6,8,15H2,(H,16,17,18). The molecule has 2 aromatic rings. The van der Waals surface area contributed by atoms with Crippen LogP contribution < -0.4 is 11.3 Å². The molecule has 3 N–H and O–H groups in total. The number of nitrogen functional groups attached to an aromatic ring is 1. The quantitative estimate of drug-likeness (QED) is 0.622. The summed E-state index contributed by atoms with van der Waals surface area (Å²) in [6.45, 7) is 1.45. The van der Waals surface area contributed by atoms with Crippen molar-refractivity contribution in [2.75, 3.05) is 12.0 Å². The van der Waals surface area contributed by atoms with E-state index in [-0.39, 0.29) is 0 Å². The summed E-state index contributed by atoms with van der Waals surface area (Å²) in [6.07, 6.45) is 2.95. The molecule has 6 nitrogen and oxygen atoms in total. The van der Waals surface area contributed by atoms with E-state index >= 15 is 0 Å². The van der Waals surface area contributed by atoms with Crippen LogP contribution in [0.4, 0.5) is 5.82 Å². The second-order valence-corrected chi connectivity index (χ2v) is 5.78. The molecular formula is C13H16N6S. The molecule has 2 aromatic heterocycles. The van der Waals surface area contributed by atoms with E-state index in [1.165, 1.54) is 12.8 Å². The number of nitrogens with one attached hydrogen (secondary N) is 1. The van der Waals surface area contributed by atoms with Crippen molar-refractivity contribution >= 4 is 27.4 Å². The van der Waals surface area contributed by atoms with Gasteiger partial charge in [-0.25, -0.2) is 15.8 Å². The van der Waals surface area contributed by atoms with E-state index in [9.17, 15) is 0 Å². The Kier molecular flexibility index (Phi) is 3.78. The summed E-state index contributed by atoms with van der Waals surface area (Å²) in [7, 11) is 0. The number of aromatic nitrogens is 2. The van der Waals surface area contributed by atoms with E-state index < -0.39 is 0 Å². The van der Waals surface area contributed by atoms with Gasteiger partial charge in [0, 0.05) is 19.0 Å². The molecule has 104 valence electrons. The minimum atomic E-state index is 0.541. The normalized spacial score (nSPS) is 14.7. The zero-order chi connectivity index (χ0) is 13.9. The number of anilines is 1. The number of hydrogen-bond donors (Lipinski definition) is 2. The average Bonchev–Trinajstić information content (AvgIpc) is 3.20. The Balaban J connectivity index is 1.83. The van der Waals surface area contributed by atoms with Crippen molar-refractivity contribution in [3.05, 3.63) is 17.3 Å². The van der Waals surface area contributed by atoms with E-state index in [4.69, 9.17) is 11.1 Å². The molecule has 0 atom stereocenters. The smallest absolute Gasteiger partial charge is 0.152 e. The van der Waals surface area contributed by atoms with Gasteiger partial charge in [-0.1, -0.05) is 0 Å². The van der Waals surface area contributed by atoms with Gasteiger partial charge in [-0.3, -0.25) is 4.90 Å². The van der Waals surface area contributed by atoms with Gasteiger partial charge in [0.05, 0.1) is 18.0 Å². The molecule has 0 aliphatic heterocycles. The fourth-order valence-electron chi connectivity index (χ4n) is 2.29. The monoisotopic (exact) mass is 288 g/mol. The first-order valence-corrected chi connectivity index (χ1v) is 7.51. The summed E-state index contributed by atoms with van der Waals surface area (Å²) in [4.78, 5) is 12.3. The van der Waals surface area contributed by atoms with Crippen molar-refractivity contribution in [3.8, 4) is 6.07 Å². The highest BCUT2D eigenvalue weighted by molar-refractivity contribution is 7.16. The van der Waals surface area contributed by atoms with Gasteiger partial charge >= 0.3 is 0 Å². The van der Waals surface area contributed by atoms with Crippen LogP contribution in [0, 0.1) is 11.3 Å². The largest absolute Gasteiger partial charge is 0.308 e. The minimum Gasteiger partial charge on any atom is -0.308 e. The molecule has 7 heteroatoms. The van der Waals surface area contributed by atoms with Crippen LogP contribution in [0.2, 0.25) is 0 Å². The van der Waals surface area contributed by atoms with Crippen LogP contribution in [0.5, 0.6) is 0 Å². The maximum Gasteiger partial charge on any atom is 0.152 e. The zero-order valence-electron chi connectivity index (χ0n) is 11.0. The minimum absolute atomic E-state index is 0.541. The number of hydrogen-bond acceptors (Lipinski definition) is 7.